The Labute approximate surface area is 182 Å². The van der Waals surface area contributed by atoms with Crippen LogP contribution in [0.2, 0.25) is 5.02 Å². The lowest BCUT2D eigenvalue weighted by molar-refractivity contribution is 0.102. The maximum atomic E-state index is 12.9. The van der Waals surface area contributed by atoms with Crippen molar-refractivity contribution in [3.8, 4) is 0 Å². The largest absolute Gasteiger partial charge is 0.349 e. The van der Waals surface area contributed by atoms with Gasteiger partial charge in [-0.15, -0.1) is 12.4 Å². The van der Waals surface area contributed by atoms with Crippen LogP contribution in [0.4, 0.5) is 5.82 Å². The summed E-state index contributed by atoms with van der Waals surface area (Å²) >= 11 is 5.94. The molecule has 1 unspecified atom stereocenters. The summed E-state index contributed by atoms with van der Waals surface area (Å²) in [5.41, 5.74) is 5.07. The second kappa shape index (κ2) is 8.52. The number of carbonyl (C=O) groups excluding carboxylic acids is 1. The molecule has 0 spiro atoms. The molecule has 4 rings (SSSR count). The second-order valence-corrected chi connectivity index (χ2v) is 7.67. The van der Waals surface area contributed by atoms with E-state index in [1.54, 1.807) is 24.3 Å². The van der Waals surface area contributed by atoms with Crippen LogP contribution in [0.15, 0.2) is 48.5 Å². The smallest absolute Gasteiger partial charge is 0.230 e. The van der Waals surface area contributed by atoms with Gasteiger partial charge in [0, 0.05) is 28.4 Å². The molecule has 0 radical (unpaired) electrons. The minimum absolute atomic E-state index is 0. The summed E-state index contributed by atoms with van der Waals surface area (Å²) in [6.45, 7) is 7.01. The Hall–Kier alpha value is -2.43. The highest BCUT2D eigenvalue weighted by Crippen LogP contribution is 2.34. The Balaban J connectivity index is 0.00000240. The number of hydrogen-bond acceptors (Lipinski definition) is 4. The van der Waals surface area contributed by atoms with Crippen molar-refractivity contribution in [1.82, 2.24) is 9.97 Å². The molecule has 0 saturated carbocycles. The average Bonchev–Trinajstić information content (AvgIpc) is 2.71. The third-order valence-electron chi connectivity index (χ3n) is 5.54. The van der Waals surface area contributed by atoms with Crippen LogP contribution in [-0.4, -0.2) is 22.3 Å². The maximum absolute atomic E-state index is 12.9. The standard InChI is InChI=1S/C23H22ClN3O.ClH/c1-14-15(2)25-22(21(28)18-8-10-19(24)11-9-18)26-23(14)27-13-12-17-6-4-5-7-20(17)16(27)3;/h4-11,16H,12-13H2,1-3H3;1H. The zero-order valence-corrected chi connectivity index (χ0v) is 18.2. The molecule has 1 aliphatic heterocycles. The molecule has 0 saturated heterocycles. The lowest BCUT2D eigenvalue weighted by atomic mass is 9.93. The van der Waals surface area contributed by atoms with Crippen molar-refractivity contribution in [2.24, 2.45) is 0 Å². The predicted molar refractivity (Wildman–Crippen MR) is 120 cm³/mol. The number of ketones is 1. The van der Waals surface area contributed by atoms with Crippen LogP contribution in [0.3, 0.4) is 0 Å². The van der Waals surface area contributed by atoms with Gasteiger partial charge in [-0.05, 0) is 62.6 Å². The number of hydrogen-bond donors (Lipinski definition) is 0. The molecule has 0 amide bonds. The molecule has 1 atom stereocenters. The molecule has 1 aromatic heterocycles. The van der Waals surface area contributed by atoms with Gasteiger partial charge in [0.05, 0.1) is 6.04 Å². The molecule has 0 bridgehead atoms. The molecule has 0 N–H and O–H groups in total. The highest BCUT2D eigenvalue weighted by Gasteiger charge is 2.27. The van der Waals surface area contributed by atoms with Crippen LogP contribution in [0.1, 0.15) is 51.5 Å². The van der Waals surface area contributed by atoms with Crippen molar-refractivity contribution in [1.29, 1.82) is 0 Å². The number of aryl methyl sites for hydroxylation is 1. The first-order valence-electron chi connectivity index (χ1n) is 9.45. The Kier molecular flexibility index (Phi) is 6.25. The first-order valence-corrected chi connectivity index (χ1v) is 9.83. The molecule has 0 aliphatic carbocycles. The lowest BCUT2D eigenvalue weighted by Gasteiger charge is -2.37. The van der Waals surface area contributed by atoms with E-state index in [-0.39, 0.29) is 30.1 Å². The van der Waals surface area contributed by atoms with Gasteiger partial charge in [0.2, 0.25) is 11.6 Å². The van der Waals surface area contributed by atoms with E-state index in [4.69, 9.17) is 16.6 Å². The number of rotatable bonds is 3. The van der Waals surface area contributed by atoms with Crippen molar-refractivity contribution in [2.45, 2.75) is 33.2 Å². The number of halogens is 2. The molecular weight excluding hydrogens is 405 g/mol. The van der Waals surface area contributed by atoms with E-state index in [0.717, 1.165) is 30.0 Å². The zero-order chi connectivity index (χ0) is 19.8. The van der Waals surface area contributed by atoms with Gasteiger partial charge < -0.3 is 4.90 Å². The van der Waals surface area contributed by atoms with E-state index in [0.29, 0.717) is 10.6 Å². The number of fused-ring (bicyclic) bond motifs is 1. The van der Waals surface area contributed by atoms with Crippen molar-refractivity contribution in [3.05, 3.63) is 87.3 Å². The molecule has 29 heavy (non-hydrogen) atoms. The molecule has 150 valence electrons. The van der Waals surface area contributed by atoms with Crippen molar-refractivity contribution in [2.75, 3.05) is 11.4 Å². The van der Waals surface area contributed by atoms with E-state index < -0.39 is 0 Å². The normalized spacial score (nSPS) is 15.4. The minimum Gasteiger partial charge on any atom is -0.349 e. The highest BCUT2D eigenvalue weighted by atomic mass is 35.5. The Morgan fingerprint density at radius 2 is 1.76 bits per heavy atom. The highest BCUT2D eigenvalue weighted by molar-refractivity contribution is 6.30. The first kappa shape index (κ1) is 21.3. The van der Waals surface area contributed by atoms with Crippen molar-refractivity contribution >= 4 is 35.6 Å². The van der Waals surface area contributed by atoms with E-state index in [1.807, 2.05) is 13.8 Å². The first-order chi connectivity index (χ1) is 13.5. The fourth-order valence-corrected chi connectivity index (χ4v) is 3.91. The number of carbonyl (C=O) groups is 1. The van der Waals surface area contributed by atoms with Gasteiger partial charge in [-0.3, -0.25) is 4.79 Å². The van der Waals surface area contributed by atoms with E-state index in [2.05, 4.69) is 41.1 Å². The minimum atomic E-state index is -0.189. The van der Waals surface area contributed by atoms with Crippen LogP contribution in [0.25, 0.3) is 0 Å². The number of nitrogens with zero attached hydrogens (tertiary/aromatic N) is 3. The summed E-state index contributed by atoms with van der Waals surface area (Å²) in [5, 5.41) is 0.596. The van der Waals surface area contributed by atoms with Gasteiger partial charge in [-0.2, -0.15) is 0 Å². The van der Waals surface area contributed by atoms with Crippen molar-refractivity contribution < 1.29 is 4.79 Å². The average molecular weight is 428 g/mol. The quantitative estimate of drug-likeness (QED) is 0.515. The monoisotopic (exact) mass is 427 g/mol. The van der Waals surface area contributed by atoms with Gasteiger partial charge in [-0.25, -0.2) is 9.97 Å². The lowest BCUT2D eigenvalue weighted by Crippen LogP contribution is -2.35. The van der Waals surface area contributed by atoms with Crippen LogP contribution < -0.4 is 4.90 Å². The summed E-state index contributed by atoms with van der Waals surface area (Å²) < 4.78 is 0. The summed E-state index contributed by atoms with van der Waals surface area (Å²) in [7, 11) is 0. The predicted octanol–water partition coefficient (Wildman–Crippen LogP) is 5.52. The second-order valence-electron chi connectivity index (χ2n) is 7.24. The molecule has 3 aromatic rings. The van der Waals surface area contributed by atoms with Crippen LogP contribution in [-0.2, 0) is 6.42 Å². The maximum Gasteiger partial charge on any atom is 0.230 e. The van der Waals surface area contributed by atoms with Gasteiger partial charge in [0.15, 0.2) is 0 Å². The number of anilines is 1. The molecular formula is C23H23Cl2N3O. The Morgan fingerprint density at radius 3 is 2.48 bits per heavy atom. The Morgan fingerprint density at radius 1 is 1.07 bits per heavy atom. The summed E-state index contributed by atoms with van der Waals surface area (Å²) in [5.74, 6) is 0.879. The number of benzene rings is 2. The molecule has 1 aliphatic rings. The SMILES string of the molecule is Cc1nc(C(=O)c2ccc(Cl)cc2)nc(N2CCc3ccccc3C2C)c1C.Cl. The van der Waals surface area contributed by atoms with Crippen molar-refractivity contribution in [3.63, 3.8) is 0 Å². The van der Waals surface area contributed by atoms with E-state index >= 15 is 0 Å². The van der Waals surface area contributed by atoms with E-state index in [1.165, 1.54) is 11.1 Å². The molecule has 2 heterocycles. The van der Waals surface area contributed by atoms with Gasteiger partial charge in [0.1, 0.15) is 5.82 Å². The van der Waals surface area contributed by atoms with Crippen LogP contribution >= 0.6 is 24.0 Å². The summed E-state index contributed by atoms with van der Waals surface area (Å²) in [4.78, 5) is 24.4. The Bertz CT molecular complexity index is 1050. The van der Waals surface area contributed by atoms with Gasteiger partial charge in [0.25, 0.3) is 0 Å². The molecule has 2 aromatic carbocycles. The summed E-state index contributed by atoms with van der Waals surface area (Å²) in [6, 6.07) is 15.6. The topological polar surface area (TPSA) is 46.1 Å². The zero-order valence-electron chi connectivity index (χ0n) is 16.6. The fourth-order valence-electron chi connectivity index (χ4n) is 3.79. The van der Waals surface area contributed by atoms with E-state index in [9.17, 15) is 4.79 Å². The fraction of sp³-hybridized carbons (Fsp3) is 0.261. The molecule has 4 nitrogen and oxygen atoms in total. The third-order valence-corrected chi connectivity index (χ3v) is 5.79. The van der Waals surface area contributed by atoms with Gasteiger partial charge in [-0.1, -0.05) is 35.9 Å². The van der Waals surface area contributed by atoms with Crippen LogP contribution in [0, 0.1) is 13.8 Å². The number of aromatic nitrogens is 2. The third kappa shape index (κ3) is 4.00. The van der Waals surface area contributed by atoms with Crippen LogP contribution in [0.5, 0.6) is 0 Å². The molecule has 6 heteroatoms. The van der Waals surface area contributed by atoms with Gasteiger partial charge >= 0.3 is 0 Å². The molecule has 0 fully saturated rings. The summed E-state index contributed by atoms with van der Waals surface area (Å²) in [6.07, 6.45) is 0.962.